The minimum Gasteiger partial charge on any atom is -0.423 e. The summed E-state index contributed by atoms with van der Waals surface area (Å²) in [7, 11) is -2.79. The maximum Gasteiger partial charge on any atom is 0.340 e. The molecular weight excluding hydrogens is 580 g/mol. The van der Waals surface area contributed by atoms with Gasteiger partial charge in [-0.1, -0.05) is 0 Å². The van der Waals surface area contributed by atoms with Crippen molar-refractivity contribution >= 4 is 49.6 Å². The van der Waals surface area contributed by atoms with Crippen molar-refractivity contribution in [2.24, 2.45) is 0 Å². The molecule has 1 aromatic carbocycles. The van der Waals surface area contributed by atoms with Crippen LogP contribution in [0.5, 0.6) is 11.8 Å². The van der Waals surface area contributed by atoms with Crippen molar-refractivity contribution in [2.45, 2.75) is 13.3 Å². The number of ether oxygens (including phenoxy) is 1. The zero-order valence-electron chi connectivity index (χ0n) is 17.8. The molecule has 10 nitrogen and oxygen atoms in total. The molecule has 0 aliphatic heterocycles. The predicted molar refractivity (Wildman–Crippen MR) is 131 cm³/mol. The molecule has 0 spiro atoms. The Morgan fingerprint density at radius 2 is 1.91 bits per heavy atom. The maximum absolute atomic E-state index is 14.9. The van der Waals surface area contributed by atoms with Crippen LogP contribution in [-0.2, 0) is 16.6 Å². The van der Waals surface area contributed by atoms with Gasteiger partial charge in [0.15, 0.2) is 11.6 Å². The Kier molecular flexibility index (Phi) is 6.77. The fourth-order valence-corrected chi connectivity index (χ4v) is 4.25. The molecule has 4 rings (SSSR count). The number of rotatable bonds is 7. The van der Waals surface area contributed by atoms with Crippen molar-refractivity contribution < 1.29 is 22.0 Å². The normalized spacial score (nSPS) is 11.5. The number of anilines is 1. The van der Waals surface area contributed by atoms with Gasteiger partial charge in [0.05, 0.1) is 3.57 Å². The highest BCUT2D eigenvalue weighted by Gasteiger charge is 2.19. The highest BCUT2D eigenvalue weighted by molar-refractivity contribution is 14.1. The Labute approximate surface area is 206 Å². The predicted octanol–water partition coefficient (Wildman–Crippen LogP) is 3.29. The van der Waals surface area contributed by atoms with E-state index in [-0.39, 0.29) is 29.1 Å². The van der Waals surface area contributed by atoms with Gasteiger partial charge in [0.2, 0.25) is 0 Å². The number of aryl methyl sites for hydroxylation is 1. The first-order valence-electron chi connectivity index (χ1n) is 9.74. The third kappa shape index (κ3) is 5.00. The summed E-state index contributed by atoms with van der Waals surface area (Å²) in [5.74, 6) is -0.952. The lowest BCUT2D eigenvalue weighted by Crippen LogP contribution is -2.27. The quantitative estimate of drug-likeness (QED) is 0.245. The second-order valence-electron chi connectivity index (χ2n) is 7.02. The third-order valence-electron chi connectivity index (χ3n) is 4.92. The molecule has 0 radical (unpaired) electrons. The van der Waals surface area contributed by atoms with E-state index >= 15 is 0 Å². The molecule has 0 saturated carbocycles. The Balaban J connectivity index is 1.72. The van der Waals surface area contributed by atoms with Crippen molar-refractivity contribution in [1.82, 2.24) is 19.7 Å². The van der Waals surface area contributed by atoms with Gasteiger partial charge in [-0.15, -0.1) is 0 Å². The van der Waals surface area contributed by atoms with Gasteiger partial charge in [-0.2, -0.15) is 8.42 Å². The molecule has 13 heteroatoms. The molecule has 0 atom stereocenters. The Morgan fingerprint density at radius 1 is 1.18 bits per heavy atom. The lowest BCUT2D eigenvalue weighted by molar-refractivity contribution is 0.437. The number of nitrogens with zero attached hydrogens (tertiary/aromatic N) is 3. The Hall–Kier alpha value is -3.17. The molecule has 176 valence electrons. The number of hydrogen-bond acceptors (Lipinski definition) is 8. The fraction of sp³-hybridized carbons (Fsp3) is 0.143. The smallest absolute Gasteiger partial charge is 0.340 e. The highest BCUT2D eigenvalue weighted by Crippen LogP contribution is 2.32. The van der Waals surface area contributed by atoms with E-state index in [4.69, 9.17) is 9.15 Å². The molecule has 0 aliphatic carbocycles. The first-order valence-corrected chi connectivity index (χ1v) is 12.3. The first-order chi connectivity index (χ1) is 16.2. The highest BCUT2D eigenvalue weighted by atomic mass is 127. The van der Waals surface area contributed by atoms with E-state index in [0.717, 1.165) is 3.57 Å². The number of pyridine rings is 1. The van der Waals surface area contributed by atoms with Gasteiger partial charge in [-0.25, -0.2) is 28.9 Å². The third-order valence-corrected chi connectivity index (χ3v) is 6.76. The van der Waals surface area contributed by atoms with Crippen molar-refractivity contribution in [2.75, 3.05) is 11.8 Å². The second-order valence-corrected chi connectivity index (χ2v) is 9.81. The Bertz CT molecular complexity index is 1550. The zero-order chi connectivity index (χ0) is 24.5. The molecule has 4 aromatic rings. The number of nitrogens with one attached hydrogen (secondary N) is 2. The van der Waals surface area contributed by atoms with Crippen LogP contribution in [0.3, 0.4) is 0 Å². The van der Waals surface area contributed by atoms with Crippen LogP contribution in [0, 0.1) is 16.3 Å². The molecule has 0 aliphatic rings. The maximum atomic E-state index is 14.9. The van der Waals surface area contributed by atoms with Crippen LogP contribution in [0.1, 0.15) is 16.7 Å². The molecule has 0 amide bonds. The molecular formula is C21H17FIN5O5S. The monoisotopic (exact) mass is 597 g/mol. The van der Waals surface area contributed by atoms with E-state index in [1.807, 2.05) is 9.44 Å². The van der Waals surface area contributed by atoms with Crippen LogP contribution in [0.2, 0.25) is 0 Å². The minimum atomic E-state index is -3.97. The average molecular weight is 597 g/mol. The fourth-order valence-electron chi connectivity index (χ4n) is 3.17. The summed E-state index contributed by atoms with van der Waals surface area (Å²) < 4.78 is 54.3. The van der Waals surface area contributed by atoms with Crippen LogP contribution in [0.15, 0.2) is 52.1 Å². The largest absolute Gasteiger partial charge is 0.423 e. The van der Waals surface area contributed by atoms with Gasteiger partial charge in [0.25, 0.3) is 10.2 Å². The molecule has 2 N–H and O–H groups in total. The summed E-state index contributed by atoms with van der Waals surface area (Å²) in [5, 5.41) is 0.644. The molecule has 0 fully saturated rings. The second kappa shape index (κ2) is 9.60. The first kappa shape index (κ1) is 24.0. The SMILES string of the molecule is CNS(=O)(=O)Nc1nccc(Cc2c(C)c3cc(I)c(Oc4ncccn4)cc3oc2=O)c1F. The summed E-state index contributed by atoms with van der Waals surface area (Å²) >= 11 is 2.08. The van der Waals surface area contributed by atoms with E-state index < -0.39 is 27.5 Å². The molecule has 0 bridgehead atoms. The summed E-state index contributed by atoms with van der Waals surface area (Å²) in [6.07, 6.45) is 4.21. The van der Waals surface area contributed by atoms with E-state index in [2.05, 4.69) is 37.5 Å². The molecule has 34 heavy (non-hydrogen) atoms. The number of halogens is 2. The van der Waals surface area contributed by atoms with Crippen LogP contribution in [-0.4, -0.2) is 30.4 Å². The van der Waals surface area contributed by atoms with E-state index in [1.54, 1.807) is 37.5 Å². The van der Waals surface area contributed by atoms with Crippen LogP contribution >= 0.6 is 22.6 Å². The van der Waals surface area contributed by atoms with Crippen molar-refractivity contribution in [3.8, 4) is 11.8 Å². The van der Waals surface area contributed by atoms with Gasteiger partial charge < -0.3 is 9.15 Å². The lowest BCUT2D eigenvalue weighted by Gasteiger charge is -2.12. The van der Waals surface area contributed by atoms with E-state index in [0.29, 0.717) is 16.7 Å². The van der Waals surface area contributed by atoms with Crippen molar-refractivity contribution in [3.05, 3.63) is 79.4 Å². The van der Waals surface area contributed by atoms with E-state index in [1.165, 1.54) is 19.3 Å². The van der Waals surface area contributed by atoms with Crippen LogP contribution in [0.4, 0.5) is 10.2 Å². The summed E-state index contributed by atoms with van der Waals surface area (Å²) in [6, 6.07) is 6.53. The van der Waals surface area contributed by atoms with Crippen LogP contribution < -0.4 is 19.8 Å². The molecule has 3 aromatic heterocycles. The number of benzene rings is 1. The zero-order valence-corrected chi connectivity index (χ0v) is 20.8. The topological polar surface area (TPSA) is 136 Å². The summed E-state index contributed by atoms with van der Waals surface area (Å²) in [5.41, 5.74) is 0.544. The van der Waals surface area contributed by atoms with Crippen molar-refractivity contribution in [3.63, 3.8) is 0 Å². The standard InChI is InChI=1S/C21H17FIN5O5S/c1-11-13-9-15(23)17(33-21-26-5-3-6-27-21)10-16(13)32-20(29)14(11)8-12-4-7-25-19(18(12)22)28-34(30,31)24-2/h3-7,9-10,24H,8H2,1-2H3,(H,25,28). The molecule has 3 heterocycles. The minimum absolute atomic E-state index is 0.0782. The Morgan fingerprint density at radius 3 is 2.62 bits per heavy atom. The van der Waals surface area contributed by atoms with E-state index in [9.17, 15) is 17.6 Å². The molecule has 0 saturated heterocycles. The summed E-state index contributed by atoms with van der Waals surface area (Å²) in [6.45, 7) is 1.73. The van der Waals surface area contributed by atoms with Gasteiger partial charge in [0, 0.05) is 49.1 Å². The average Bonchev–Trinajstić information content (AvgIpc) is 2.81. The number of hydrogen-bond donors (Lipinski definition) is 2. The van der Waals surface area contributed by atoms with Gasteiger partial charge in [0.1, 0.15) is 11.3 Å². The van der Waals surface area contributed by atoms with Crippen molar-refractivity contribution in [1.29, 1.82) is 0 Å². The van der Waals surface area contributed by atoms with Gasteiger partial charge in [-0.3, -0.25) is 4.72 Å². The summed E-state index contributed by atoms with van der Waals surface area (Å²) in [4.78, 5) is 24.6. The number of fused-ring (bicyclic) bond motifs is 1. The lowest BCUT2D eigenvalue weighted by atomic mass is 10.00. The number of aromatic nitrogens is 3. The van der Waals surface area contributed by atoms with Crippen LogP contribution in [0.25, 0.3) is 11.0 Å². The molecule has 0 unspecified atom stereocenters. The van der Waals surface area contributed by atoms with Gasteiger partial charge >= 0.3 is 11.6 Å². The van der Waals surface area contributed by atoms with Gasteiger partial charge in [-0.05, 0) is 58.8 Å².